The molecule has 5 heteroatoms. The van der Waals surface area contributed by atoms with Crippen LogP contribution in [0, 0.1) is 0 Å². The third kappa shape index (κ3) is 2.34. The standard InChI is InChI=1S/C12H19N3O2/c1-4-9-7-10(14(3)13-9)11(16)15-6-5-12(2,17)8-15/h7,17H,4-6,8H2,1-3H3. The molecule has 0 saturated carbocycles. The number of aryl methyl sites for hydroxylation is 2. The molecule has 1 saturated heterocycles. The number of aromatic nitrogens is 2. The Bertz CT molecular complexity index is 437. The molecule has 1 fully saturated rings. The van der Waals surface area contributed by atoms with Crippen molar-refractivity contribution in [2.75, 3.05) is 13.1 Å². The van der Waals surface area contributed by atoms with Crippen LogP contribution in [-0.2, 0) is 13.5 Å². The van der Waals surface area contributed by atoms with Crippen molar-refractivity contribution < 1.29 is 9.90 Å². The fourth-order valence-electron chi connectivity index (χ4n) is 2.18. The van der Waals surface area contributed by atoms with Crippen LogP contribution in [0.5, 0.6) is 0 Å². The summed E-state index contributed by atoms with van der Waals surface area (Å²) in [6.07, 6.45) is 1.45. The topological polar surface area (TPSA) is 58.4 Å². The average Bonchev–Trinajstić information content (AvgIpc) is 2.80. The van der Waals surface area contributed by atoms with Gasteiger partial charge in [0.25, 0.3) is 5.91 Å². The lowest BCUT2D eigenvalue weighted by atomic mass is 10.1. The summed E-state index contributed by atoms with van der Waals surface area (Å²) >= 11 is 0. The number of aliphatic hydroxyl groups is 1. The molecule has 0 spiro atoms. The van der Waals surface area contributed by atoms with Crippen molar-refractivity contribution in [3.05, 3.63) is 17.5 Å². The molecule has 1 aromatic rings. The molecular formula is C12H19N3O2. The number of likely N-dealkylation sites (tertiary alicyclic amines) is 1. The van der Waals surface area contributed by atoms with Crippen LogP contribution in [0.4, 0.5) is 0 Å². The molecule has 1 aliphatic heterocycles. The zero-order valence-corrected chi connectivity index (χ0v) is 10.6. The lowest BCUT2D eigenvalue weighted by Crippen LogP contribution is -2.34. The number of β-amino-alcohol motifs (C(OH)–C–C–N with tert-alkyl or cyclic N) is 1. The number of hydrogen-bond donors (Lipinski definition) is 1. The van der Waals surface area contributed by atoms with Gasteiger partial charge in [0.1, 0.15) is 5.69 Å². The van der Waals surface area contributed by atoms with Crippen LogP contribution in [-0.4, -0.2) is 44.4 Å². The molecule has 1 N–H and O–H groups in total. The van der Waals surface area contributed by atoms with Crippen molar-refractivity contribution in [1.29, 1.82) is 0 Å². The van der Waals surface area contributed by atoms with E-state index in [1.54, 1.807) is 23.6 Å². The Morgan fingerprint density at radius 2 is 2.35 bits per heavy atom. The molecule has 1 aromatic heterocycles. The number of amides is 1. The van der Waals surface area contributed by atoms with Gasteiger partial charge in [0.05, 0.1) is 11.3 Å². The van der Waals surface area contributed by atoms with Gasteiger partial charge in [-0.15, -0.1) is 0 Å². The maximum Gasteiger partial charge on any atom is 0.272 e. The van der Waals surface area contributed by atoms with Crippen molar-refractivity contribution in [3.63, 3.8) is 0 Å². The van der Waals surface area contributed by atoms with E-state index >= 15 is 0 Å². The third-order valence-corrected chi connectivity index (χ3v) is 3.25. The molecule has 2 rings (SSSR count). The van der Waals surface area contributed by atoms with E-state index in [-0.39, 0.29) is 5.91 Å². The van der Waals surface area contributed by atoms with E-state index in [2.05, 4.69) is 5.10 Å². The van der Waals surface area contributed by atoms with Crippen molar-refractivity contribution in [3.8, 4) is 0 Å². The number of nitrogens with zero attached hydrogens (tertiary/aromatic N) is 3. The Balaban J connectivity index is 2.17. The molecule has 1 unspecified atom stereocenters. The van der Waals surface area contributed by atoms with Gasteiger partial charge in [-0.3, -0.25) is 9.48 Å². The normalized spacial score (nSPS) is 24.4. The SMILES string of the molecule is CCc1cc(C(=O)N2CCC(C)(O)C2)n(C)n1. The predicted octanol–water partition coefficient (Wildman–Crippen LogP) is 0.579. The van der Waals surface area contributed by atoms with Crippen molar-refractivity contribution in [2.24, 2.45) is 7.05 Å². The van der Waals surface area contributed by atoms with E-state index in [4.69, 9.17) is 0 Å². The smallest absolute Gasteiger partial charge is 0.272 e. The van der Waals surface area contributed by atoms with E-state index in [0.717, 1.165) is 12.1 Å². The number of carbonyl (C=O) groups is 1. The van der Waals surface area contributed by atoms with Crippen molar-refractivity contribution >= 4 is 5.91 Å². The quantitative estimate of drug-likeness (QED) is 0.818. The van der Waals surface area contributed by atoms with Gasteiger partial charge in [0.2, 0.25) is 0 Å². The molecule has 94 valence electrons. The minimum atomic E-state index is -0.748. The Labute approximate surface area is 101 Å². The summed E-state index contributed by atoms with van der Waals surface area (Å²) in [7, 11) is 1.78. The van der Waals surface area contributed by atoms with Gasteiger partial charge in [-0.2, -0.15) is 5.10 Å². The summed E-state index contributed by atoms with van der Waals surface area (Å²) in [4.78, 5) is 13.9. The van der Waals surface area contributed by atoms with Crippen LogP contribution in [0.3, 0.4) is 0 Å². The van der Waals surface area contributed by atoms with Crippen molar-refractivity contribution in [1.82, 2.24) is 14.7 Å². The molecule has 0 aliphatic carbocycles. The largest absolute Gasteiger partial charge is 0.388 e. The van der Waals surface area contributed by atoms with Crippen molar-refractivity contribution in [2.45, 2.75) is 32.3 Å². The Morgan fingerprint density at radius 3 is 2.82 bits per heavy atom. The number of carbonyl (C=O) groups excluding carboxylic acids is 1. The number of hydrogen-bond acceptors (Lipinski definition) is 3. The summed E-state index contributed by atoms with van der Waals surface area (Å²) in [5.41, 5.74) is 0.767. The zero-order valence-electron chi connectivity index (χ0n) is 10.6. The highest BCUT2D eigenvalue weighted by molar-refractivity contribution is 5.93. The van der Waals surface area contributed by atoms with Crippen LogP contribution < -0.4 is 0 Å². The third-order valence-electron chi connectivity index (χ3n) is 3.25. The molecule has 1 amide bonds. The first-order valence-corrected chi connectivity index (χ1v) is 5.97. The monoisotopic (exact) mass is 237 g/mol. The second-order valence-corrected chi connectivity index (χ2v) is 4.97. The second kappa shape index (κ2) is 4.14. The maximum absolute atomic E-state index is 12.2. The zero-order chi connectivity index (χ0) is 12.6. The van der Waals surface area contributed by atoms with Gasteiger partial charge in [-0.05, 0) is 25.8 Å². The van der Waals surface area contributed by atoms with E-state index in [1.165, 1.54) is 0 Å². The molecule has 1 aliphatic rings. The molecule has 0 aromatic carbocycles. The van der Waals surface area contributed by atoms with E-state index in [0.29, 0.717) is 25.2 Å². The van der Waals surface area contributed by atoms with Gasteiger partial charge in [0, 0.05) is 20.1 Å². The molecule has 2 heterocycles. The lowest BCUT2D eigenvalue weighted by molar-refractivity contribution is 0.0566. The summed E-state index contributed by atoms with van der Waals surface area (Å²) < 4.78 is 1.62. The maximum atomic E-state index is 12.2. The van der Waals surface area contributed by atoms with Crippen LogP contribution in [0.25, 0.3) is 0 Å². The summed E-state index contributed by atoms with van der Waals surface area (Å²) in [5, 5.41) is 14.1. The van der Waals surface area contributed by atoms with E-state index in [9.17, 15) is 9.90 Å². The van der Waals surface area contributed by atoms with Crippen LogP contribution >= 0.6 is 0 Å². The second-order valence-electron chi connectivity index (χ2n) is 4.97. The first kappa shape index (κ1) is 12.1. The first-order chi connectivity index (χ1) is 7.93. The highest BCUT2D eigenvalue weighted by Gasteiger charge is 2.35. The fourth-order valence-corrected chi connectivity index (χ4v) is 2.18. The highest BCUT2D eigenvalue weighted by Crippen LogP contribution is 2.22. The van der Waals surface area contributed by atoms with Gasteiger partial charge < -0.3 is 10.0 Å². The lowest BCUT2D eigenvalue weighted by Gasteiger charge is -2.18. The van der Waals surface area contributed by atoms with E-state index in [1.807, 2.05) is 13.0 Å². The van der Waals surface area contributed by atoms with Gasteiger partial charge >= 0.3 is 0 Å². The average molecular weight is 237 g/mol. The van der Waals surface area contributed by atoms with Crippen LogP contribution in [0.1, 0.15) is 36.5 Å². The molecular weight excluding hydrogens is 218 g/mol. The Kier molecular flexibility index (Phi) is 2.95. The van der Waals surface area contributed by atoms with Gasteiger partial charge in [0.15, 0.2) is 0 Å². The molecule has 17 heavy (non-hydrogen) atoms. The Hall–Kier alpha value is -1.36. The van der Waals surface area contributed by atoms with Crippen LogP contribution in [0.2, 0.25) is 0 Å². The number of rotatable bonds is 2. The van der Waals surface area contributed by atoms with Gasteiger partial charge in [-0.1, -0.05) is 6.92 Å². The molecule has 0 bridgehead atoms. The highest BCUT2D eigenvalue weighted by atomic mass is 16.3. The predicted molar refractivity (Wildman–Crippen MR) is 63.7 cm³/mol. The molecule has 0 radical (unpaired) electrons. The molecule has 5 nitrogen and oxygen atoms in total. The minimum absolute atomic E-state index is 0.0440. The summed E-state index contributed by atoms with van der Waals surface area (Å²) in [5.74, 6) is -0.0440. The van der Waals surface area contributed by atoms with Crippen LogP contribution in [0.15, 0.2) is 6.07 Å². The molecule has 1 atom stereocenters. The summed E-state index contributed by atoms with van der Waals surface area (Å²) in [6.45, 7) is 4.79. The minimum Gasteiger partial charge on any atom is -0.388 e. The Morgan fingerprint density at radius 1 is 1.65 bits per heavy atom. The van der Waals surface area contributed by atoms with E-state index < -0.39 is 5.60 Å². The van der Waals surface area contributed by atoms with Gasteiger partial charge in [-0.25, -0.2) is 0 Å². The summed E-state index contributed by atoms with van der Waals surface area (Å²) in [6, 6.07) is 1.83. The first-order valence-electron chi connectivity index (χ1n) is 5.97. The fraction of sp³-hybridized carbons (Fsp3) is 0.667.